The molecule has 130 valence electrons. The number of aromatic hydroxyl groups is 1. The van der Waals surface area contributed by atoms with Crippen LogP contribution in [0.4, 0.5) is 10.2 Å². The van der Waals surface area contributed by atoms with E-state index in [9.17, 15) is 9.50 Å². The highest BCUT2D eigenvalue weighted by molar-refractivity contribution is 5.67. The molecule has 0 aliphatic heterocycles. The van der Waals surface area contributed by atoms with Gasteiger partial charge in [-0.25, -0.2) is 9.37 Å². The van der Waals surface area contributed by atoms with Gasteiger partial charge in [0.25, 0.3) is 0 Å². The van der Waals surface area contributed by atoms with Crippen LogP contribution in [0.5, 0.6) is 5.75 Å². The Kier molecular flexibility index (Phi) is 4.01. The Balaban J connectivity index is 1.78. The van der Waals surface area contributed by atoms with E-state index in [0.717, 1.165) is 5.56 Å². The SMILES string of the molecule is C[C@H](Nc1cc(-c2ccccc2F)nc2ccnn12)c1ccccc1O. The molecule has 1 atom stereocenters. The first-order chi connectivity index (χ1) is 12.6. The monoisotopic (exact) mass is 348 g/mol. The van der Waals surface area contributed by atoms with E-state index in [2.05, 4.69) is 15.4 Å². The lowest BCUT2D eigenvalue weighted by molar-refractivity contribution is 0.465. The molecule has 0 saturated heterocycles. The maximum absolute atomic E-state index is 14.2. The first-order valence-electron chi connectivity index (χ1n) is 8.27. The van der Waals surface area contributed by atoms with Gasteiger partial charge in [0, 0.05) is 23.3 Å². The number of para-hydroxylation sites is 1. The summed E-state index contributed by atoms with van der Waals surface area (Å²) in [6, 6.07) is 17.0. The topological polar surface area (TPSA) is 62.5 Å². The quantitative estimate of drug-likeness (QED) is 0.573. The van der Waals surface area contributed by atoms with Crippen LogP contribution in [-0.2, 0) is 0 Å². The molecule has 0 aliphatic carbocycles. The number of fused-ring (bicyclic) bond motifs is 1. The summed E-state index contributed by atoms with van der Waals surface area (Å²) in [4.78, 5) is 4.50. The number of hydrogen-bond donors (Lipinski definition) is 2. The van der Waals surface area contributed by atoms with Crippen molar-refractivity contribution in [3.8, 4) is 17.0 Å². The number of hydrogen-bond acceptors (Lipinski definition) is 4. The molecule has 2 aromatic heterocycles. The smallest absolute Gasteiger partial charge is 0.157 e. The number of anilines is 1. The van der Waals surface area contributed by atoms with Gasteiger partial charge in [0.1, 0.15) is 17.4 Å². The molecule has 0 spiro atoms. The minimum atomic E-state index is -0.330. The van der Waals surface area contributed by atoms with Crippen LogP contribution in [-0.4, -0.2) is 19.7 Å². The Bertz CT molecular complexity index is 1080. The maximum atomic E-state index is 14.2. The second kappa shape index (κ2) is 6.48. The average Bonchev–Trinajstić information content (AvgIpc) is 3.11. The molecule has 0 saturated carbocycles. The van der Waals surface area contributed by atoms with Crippen LogP contribution in [0.15, 0.2) is 66.9 Å². The summed E-state index contributed by atoms with van der Waals surface area (Å²) < 4.78 is 15.9. The lowest BCUT2D eigenvalue weighted by atomic mass is 10.1. The summed E-state index contributed by atoms with van der Waals surface area (Å²) in [6.07, 6.45) is 1.64. The molecule has 0 amide bonds. The van der Waals surface area contributed by atoms with Crippen LogP contribution in [0.1, 0.15) is 18.5 Å². The second-order valence-electron chi connectivity index (χ2n) is 6.03. The minimum Gasteiger partial charge on any atom is -0.508 e. The Morgan fingerprint density at radius 3 is 2.65 bits per heavy atom. The van der Waals surface area contributed by atoms with Crippen molar-refractivity contribution in [2.45, 2.75) is 13.0 Å². The Morgan fingerprint density at radius 1 is 1.08 bits per heavy atom. The van der Waals surface area contributed by atoms with Gasteiger partial charge >= 0.3 is 0 Å². The van der Waals surface area contributed by atoms with E-state index < -0.39 is 0 Å². The van der Waals surface area contributed by atoms with Crippen molar-refractivity contribution in [1.29, 1.82) is 0 Å². The fraction of sp³-hybridized carbons (Fsp3) is 0.100. The van der Waals surface area contributed by atoms with E-state index in [4.69, 9.17) is 0 Å². The maximum Gasteiger partial charge on any atom is 0.157 e. The summed E-state index contributed by atoms with van der Waals surface area (Å²) in [5.74, 6) is 0.546. The number of rotatable bonds is 4. The van der Waals surface area contributed by atoms with Crippen molar-refractivity contribution in [3.05, 3.63) is 78.2 Å². The molecule has 0 bridgehead atoms. The zero-order chi connectivity index (χ0) is 18.1. The average molecular weight is 348 g/mol. The molecule has 0 unspecified atom stereocenters. The third-order valence-electron chi connectivity index (χ3n) is 4.28. The number of nitrogens with one attached hydrogen (secondary N) is 1. The molecular weight excluding hydrogens is 331 g/mol. The van der Waals surface area contributed by atoms with E-state index in [1.165, 1.54) is 6.07 Å². The first-order valence-corrected chi connectivity index (χ1v) is 8.27. The molecule has 26 heavy (non-hydrogen) atoms. The highest BCUT2D eigenvalue weighted by Crippen LogP contribution is 2.29. The van der Waals surface area contributed by atoms with Gasteiger partial charge in [-0.15, -0.1) is 0 Å². The number of benzene rings is 2. The van der Waals surface area contributed by atoms with Crippen LogP contribution in [0.3, 0.4) is 0 Å². The van der Waals surface area contributed by atoms with E-state index in [1.54, 1.807) is 53.2 Å². The largest absolute Gasteiger partial charge is 0.508 e. The third-order valence-corrected chi connectivity index (χ3v) is 4.28. The molecule has 0 fully saturated rings. The summed E-state index contributed by atoms with van der Waals surface area (Å²) >= 11 is 0. The van der Waals surface area contributed by atoms with Crippen molar-refractivity contribution >= 4 is 11.5 Å². The number of phenolic OH excluding ortho intramolecular Hbond substituents is 1. The summed E-state index contributed by atoms with van der Waals surface area (Å²) in [5, 5.41) is 17.7. The second-order valence-corrected chi connectivity index (χ2v) is 6.03. The molecule has 5 nitrogen and oxygen atoms in total. The Labute approximate surface area is 149 Å². The van der Waals surface area contributed by atoms with Gasteiger partial charge in [-0.2, -0.15) is 9.61 Å². The first kappa shape index (κ1) is 16.1. The minimum absolute atomic E-state index is 0.181. The zero-order valence-corrected chi connectivity index (χ0v) is 14.1. The van der Waals surface area contributed by atoms with Gasteiger partial charge in [0.15, 0.2) is 5.65 Å². The zero-order valence-electron chi connectivity index (χ0n) is 14.1. The van der Waals surface area contributed by atoms with Gasteiger partial charge in [0.05, 0.1) is 17.9 Å². The number of aromatic nitrogens is 3. The van der Waals surface area contributed by atoms with Crippen molar-refractivity contribution in [3.63, 3.8) is 0 Å². The predicted octanol–water partition coefficient (Wildman–Crippen LogP) is 4.41. The molecule has 0 aliphatic rings. The highest BCUT2D eigenvalue weighted by Gasteiger charge is 2.15. The van der Waals surface area contributed by atoms with E-state index in [0.29, 0.717) is 22.7 Å². The molecule has 4 rings (SSSR count). The lowest BCUT2D eigenvalue weighted by Gasteiger charge is -2.18. The third kappa shape index (κ3) is 2.86. The van der Waals surface area contributed by atoms with Crippen molar-refractivity contribution in [2.75, 3.05) is 5.32 Å². The fourth-order valence-corrected chi connectivity index (χ4v) is 2.98. The fourth-order valence-electron chi connectivity index (χ4n) is 2.98. The Morgan fingerprint density at radius 2 is 1.85 bits per heavy atom. The van der Waals surface area contributed by atoms with Gasteiger partial charge < -0.3 is 10.4 Å². The number of halogens is 1. The molecule has 2 aromatic carbocycles. The Hall–Kier alpha value is -3.41. The molecular formula is C20H17FN4O. The van der Waals surface area contributed by atoms with E-state index in [-0.39, 0.29) is 17.6 Å². The summed E-state index contributed by atoms with van der Waals surface area (Å²) in [7, 11) is 0. The predicted molar refractivity (Wildman–Crippen MR) is 98.5 cm³/mol. The van der Waals surface area contributed by atoms with Crippen LogP contribution >= 0.6 is 0 Å². The number of nitrogens with zero attached hydrogens (tertiary/aromatic N) is 3. The standard InChI is InChI=1S/C20H17FN4O/c1-13(14-6-3-5-9-18(14)26)23-20-12-17(15-7-2-4-8-16(15)21)24-19-10-11-22-25(19)20/h2-13,23,26H,1H3/t13-/m0/s1. The van der Waals surface area contributed by atoms with E-state index >= 15 is 0 Å². The van der Waals surface area contributed by atoms with Crippen LogP contribution in [0.25, 0.3) is 16.9 Å². The van der Waals surface area contributed by atoms with Crippen LogP contribution in [0, 0.1) is 5.82 Å². The normalized spacial score (nSPS) is 12.2. The summed E-state index contributed by atoms with van der Waals surface area (Å²) in [5.41, 5.74) is 2.31. The highest BCUT2D eigenvalue weighted by atomic mass is 19.1. The van der Waals surface area contributed by atoms with Crippen LogP contribution in [0.2, 0.25) is 0 Å². The van der Waals surface area contributed by atoms with Gasteiger partial charge in [-0.1, -0.05) is 30.3 Å². The summed E-state index contributed by atoms with van der Waals surface area (Å²) in [6.45, 7) is 1.94. The lowest BCUT2D eigenvalue weighted by Crippen LogP contribution is -2.11. The van der Waals surface area contributed by atoms with Gasteiger partial charge in [0.2, 0.25) is 0 Å². The van der Waals surface area contributed by atoms with Crippen molar-refractivity contribution in [1.82, 2.24) is 14.6 Å². The molecule has 2 N–H and O–H groups in total. The van der Waals surface area contributed by atoms with Gasteiger partial charge in [-0.05, 0) is 25.1 Å². The molecule has 0 radical (unpaired) electrons. The van der Waals surface area contributed by atoms with E-state index in [1.807, 2.05) is 19.1 Å². The van der Waals surface area contributed by atoms with Crippen molar-refractivity contribution < 1.29 is 9.50 Å². The molecule has 4 aromatic rings. The molecule has 2 heterocycles. The van der Waals surface area contributed by atoms with Crippen molar-refractivity contribution in [2.24, 2.45) is 0 Å². The van der Waals surface area contributed by atoms with Gasteiger partial charge in [-0.3, -0.25) is 0 Å². The number of phenols is 1. The van der Waals surface area contributed by atoms with Crippen LogP contribution < -0.4 is 5.32 Å². The molecule has 6 heteroatoms.